The Balaban J connectivity index is 1.63. The van der Waals surface area contributed by atoms with Crippen LogP contribution in [-0.2, 0) is 0 Å². The summed E-state index contributed by atoms with van der Waals surface area (Å²) in [5.41, 5.74) is -0.0210. The number of amides is 1. The average molecular weight is 261 g/mol. The minimum absolute atomic E-state index is 0.177. The molecule has 0 aliphatic heterocycles. The van der Waals surface area contributed by atoms with E-state index in [0.717, 1.165) is 11.8 Å². The van der Waals surface area contributed by atoms with Crippen LogP contribution >= 0.6 is 0 Å². The molecule has 1 aromatic heterocycles. The number of hydrogen-bond donors (Lipinski definition) is 2. The third kappa shape index (κ3) is 2.41. The molecule has 0 saturated heterocycles. The van der Waals surface area contributed by atoms with Gasteiger partial charge in [-0.25, -0.2) is 5.10 Å². The molecule has 102 valence electrons. The second-order valence-corrected chi connectivity index (χ2v) is 5.91. The smallest absolute Gasteiger partial charge is 0.271 e. The summed E-state index contributed by atoms with van der Waals surface area (Å²) in [5.74, 6) is 2.06. The second kappa shape index (κ2) is 4.79. The van der Waals surface area contributed by atoms with Gasteiger partial charge in [0, 0.05) is 12.1 Å². The molecule has 2 aliphatic rings. The third-order valence-corrected chi connectivity index (χ3v) is 4.71. The highest BCUT2D eigenvalue weighted by molar-refractivity contribution is 5.92. The van der Waals surface area contributed by atoms with Crippen LogP contribution in [0.15, 0.2) is 16.9 Å². The number of fused-ring (bicyclic) bond motifs is 2. The van der Waals surface area contributed by atoms with E-state index < -0.39 is 0 Å². The molecule has 0 radical (unpaired) electrons. The maximum absolute atomic E-state index is 12.0. The molecular formula is C14H19N3O2. The average Bonchev–Trinajstić information content (AvgIpc) is 3.01. The summed E-state index contributed by atoms with van der Waals surface area (Å²) in [7, 11) is 0. The summed E-state index contributed by atoms with van der Waals surface area (Å²) >= 11 is 0. The zero-order valence-corrected chi connectivity index (χ0v) is 11.1. The van der Waals surface area contributed by atoms with Crippen LogP contribution in [0, 0.1) is 17.8 Å². The van der Waals surface area contributed by atoms with Gasteiger partial charge in [-0.15, -0.1) is 0 Å². The van der Waals surface area contributed by atoms with Gasteiger partial charge < -0.3 is 5.32 Å². The topological polar surface area (TPSA) is 74.8 Å². The number of carbonyl (C=O) groups is 1. The summed E-state index contributed by atoms with van der Waals surface area (Å²) in [6, 6.07) is 2.96. The van der Waals surface area contributed by atoms with E-state index in [2.05, 4.69) is 22.4 Å². The van der Waals surface area contributed by atoms with E-state index in [1.807, 2.05) is 0 Å². The molecule has 4 unspecified atom stereocenters. The van der Waals surface area contributed by atoms with Crippen molar-refractivity contribution < 1.29 is 4.79 Å². The number of aromatic nitrogens is 2. The molecule has 0 spiro atoms. The normalized spacial score (nSPS) is 30.3. The Morgan fingerprint density at radius 2 is 2.26 bits per heavy atom. The molecule has 3 rings (SSSR count). The molecule has 4 atom stereocenters. The number of H-pyrrole nitrogens is 1. The summed E-state index contributed by atoms with van der Waals surface area (Å²) in [6.45, 7) is 2.08. The lowest BCUT2D eigenvalue weighted by Crippen LogP contribution is -2.40. The van der Waals surface area contributed by atoms with Gasteiger partial charge >= 0.3 is 0 Å². The minimum Gasteiger partial charge on any atom is -0.348 e. The number of nitrogens with one attached hydrogen (secondary N) is 2. The molecule has 1 aromatic rings. The molecule has 5 heteroatoms. The van der Waals surface area contributed by atoms with Crippen molar-refractivity contribution in [3.63, 3.8) is 0 Å². The SMILES string of the molecule is CC(NC(=O)c1ccc(=O)[nH]n1)C1CC2CCC1C2. The second-order valence-electron chi connectivity index (χ2n) is 5.91. The Morgan fingerprint density at radius 1 is 1.42 bits per heavy atom. The van der Waals surface area contributed by atoms with Crippen LogP contribution < -0.4 is 10.9 Å². The minimum atomic E-state index is -0.294. The van der Waals surface area contributed by atoms with E-state index in [1.165, 1.54) is 37.8 Å². The van der Waals surface area contributed by atoms with Gasteiger partial charge in [0.15, 0.2) is 0 Å². The predicted octanol–water partition coefficient (Wildman–Crippen LogP) is 1.32. The van der Waals surface area contributed by atoms with Gasteiger partial charge in [-0.2, -0.15) is 5.10 Å². The Hall–Kier alpha value is -1.65. The quantitative estimate of drug-likeness (QED) is 0.861. The predicted molar refractivity (Wildman–Crippen MR) is 70.7 cm³/mol. The first kappa shape index (κ1) is 12.4. The molecular weight excluding hydrogens is 242 g/mol. The van der Waals surface area contributed by atoms with Crippen LogP contribution in [0.2, 0.25) is 0 Å². The van der Waals surface area contributed by atoms with Crippen LogP contribution in [0.4, 0.5) is 0 Å². The Bertz CT molecular complexity index is 519. The lowest BCUT2D eigenvalue weighted by Gasteiger charge is -2.28. The molecule has 2 bridgehead atoms. The highest BCUT2D eigenvalue weighted by Gasteiger charge is 2.42. The van der Waals surface area contributed by atoms with Crippen molar-refractivity contribution in [1.82, 2.24) is 15.5 Å². The number of rotatable bonds is 3. The van der Waals surface area contributed by atoms with Crippen LogP contribution in [-0.4, -0.2) is 22.1 Å². The highest BCUT2D eigenvalue weighted by atomic mass is 16.2. The zero-order valence-electron chi connectivity index (χ0n) is 11.1. The van der Waals surface area contributed by atoms with E-state index in [1.54, 1.807) is 0 Å². The van der Waals surface area contributed by atoms with E-state index in [9.17, 15) is 9.59 Å². The van der Waals surface area contributed by atoms with Crippen molar-refractivity contribution in [3.05, 3.63) is 28.2 Å². The summed E-state index contributed by atoms with van der Waals surface area (Å²) in [6.07, 6.45) is 5.25. The molecule has 1 amide bonds. The lowest BCUT2D eigenvalue weighted by molar-refractivity contribution is 0.0909. The van der Waals surface area contributed by atoms with E-state index >= 15 is 0 Å². The summed E-state index contributed by atoms with van der Waals surface area (Å²) < 4.78 is 0. The Kier molecular flexibility index (Phi) is 3.12. The van der Waals surface area contributed by atoms with Crippen molar-refractivity contribution in [2.75, 3.05) is 0 Å². The van der Waals surface area contributed by atoms with Gasteiger partial charge in [0.1, 0.15) is 5.69 Å². The van der Waals surface area contributed by atoms with Crippen molar-refractivity contribution in [2.24, 2.45) is 17.8 Å². The highest BCUT2D eigenvalue weighted by Crippen LogP contribution is 2.49. The van der Waals surface area contributed by atoms with Gasteiger partial charge in [0.25, 0.3) is 11.5 Å². The zero-order chi connectivity index (χ0) is 13.4. The fourth-order valence-corrected chi connectivity index (χ4v) is 3.77. The molecule has 1 heterocycles. The molecule has 2 aliphatic carbocycles. The first-order valence-electron chi connectivity index (χ1n) is 7.00. The maximum Gasteiger partial charge on any atom is 0.271 e. The summed E-state index contributed by atoms with van der Waals surface area (Å²) in [4.78, 5) is 22.9. The van der Waals surface area contributed by atoms with Crippen molar-refractivity contribution in [2.45, 2.75) is 38.6 Å². The van der Waals surface area contributed by atoms with Gasteiger partial charge in [0.2, 0.25) is 0 Å². The van der Waals surface area contributed by atoms with Gasteiger partial charge in [0.05, 0.1) is 0 Å². The molecule has 2 N–H and O–H groups in total. The molecule has 19 heavy (non-hydrogen) atoms. The monoisotopic (exact) mass is 261 g/mol. The largest absolute Gasteiger partial charge is 0.348 e. The van der Waals surface area contributed by atoms with E-state index in [4.69, 9.17) is 0 Å². The standard InChI is InChI=1S/C14H19N3O2/c1-8(11-7-9-2-3-10(11)6-9)15-14(19)12-4-5-13(18)17-16-12/h4-5,8-11H,2-3,6-7H2,1H3,(H,15,19)(H,17,18). The van der Waals surface area contributed by atoms with Gasteiger partial charge in [-0.05, 0) is 50.0 Å². The van der Waals surface area contributed by atoms with E-state index in [-0.39, 0.29) is 23.2 Å². The molecule has 5 nitrogen and oxygen atoms in total. The summed E-state index contributed by atoms with van der Waals surface area (Å²) in [5, 5.41) is 9.06. The van der Waals surface area contributed by atoms with Gasteiger partial charge in [-0.1, -0.05) is 6.42 Å². The fraction of sp³-hybridized carbons (Fsp3) is 0.643. The fourth-order valence-electron chi connectivity index (χ4n) is 3.77. The molecule has 2 saturated carbocycles. The van der Waals surface area contributed by atoms with Crippen LogP contribution in [0.5, 0.6) is 0 Å². The van der Waals surface area contributed by atoms with Crippen LogP contribution in [0.3, 0.4) is 0 Å². The maximum atomic E-state index is 12.0. The van der Waals surface area contributed by atoms with Crippen molar-refractivity contribution in [1.29, 1.82) is 0 Å². The number of carbonyl (C=O) groups excluding carboxylic acids is 1. The van der Waals surface area contributed by atoms with Crippen molar-refractivity contribution >= 4 is 5.91 Å². The Morgan fingerprint density at radius 3 is 2.84 bits per heavy atom. The first-order chi connectivity index (χ1) is 9.13. The molecule has 2 fully saturated rings. The van der Waals surface area contributed by atoms with Gasteiger partial charge in [-0.3, -0.25) is 9.59 Å². The van der Waals surface area contributed by atoms with Crippen LogP contribution in [0.1, 0.15) is 43.1 Å². The molecule has 0 aromatic carbocycles. The van der Waals surface area contributed by atoms with Crippen molar-refractivity contribution in [3.8, 4) is 0 Å². The lowest BCUT2D eigenvalue weighted by atomic mass is 9.84. The van der Waals surface area contributed by atoms with Crippen LogP contribution in [0.25, 0.3) is 0 Å². The number of hydrogen-bond acceptors (Lipinski definition) is 3. The number of aromatic amines is 1. The first-order valence-corrected chi connectivity index (χ1v) is 7.00. The van der Waals surface area contributed by atoms with E-state index in [0.29, 0.717) is 5.92 Å². The third-order valence-electron chi connectivity index (χ3n) is 4.71. The Labute approximate surface area is 111 Å². The number of nitrogens with zero attached hydrogens (tertiary/aromatic N) is 1.